The number of ether oxygens (including phenoxy) is 1. The molecule has 1 aliphatic rings. The fourth-order valence-corrected chi connectivity index (χ4v) is 2.30. The van der Waals surface area contributed by atoms with E-state index in [4.69, 9.17) is 9.84 Å². The zero-order valence-corrected chi connectivity index (χ0v) is 10.4. The average molecular weight is 265 g/mol. The van der Waals surface area contributed by atoms with Gasteiger partial charge in [-0.1, -0.05) is 0 Å². The van der Waals surface area contributed by atoms with Crippen molar-refractivity contribution in [3.05, 3.63) is 12.7 Å². The molecule has 1 aliphatic heterocycles. The molecule has 8 nitrogen and oxygen atoms in total. The zero-order chi connectivity index (χ0) is 13.4. The Labute approximate surface area is 109 Å². The van der Waals surface area contributed by atoms with Gasteiger partial charge in [-0.2, -0.15) is 0 Å². The van der Waals surface area contributed by atoms with Crippen molar-refractivity contribution < 1.29 is 14.9 Å². The minimum absolute atomic E-state index is 0.207. The first-order chi connectivity index (χ1) is 9.24. The summed E-state index contributed by atoms with van der Waals surface area (Å²) in [5.74, 6) is 0.640. The van der Waals surface area contributed by atoms with E-state index >= 15 is 0 Å². The molecule has 3 N–H and O–H groups in total. The van der Waals surface area contributed by atoms with Gasteiger partial charge < -0.3 is 20.3 Å². The van der Waals surface area contributed by atoms with E-state index in [1.807, 2.05) is 0 Å². The van der Waals surface area contributed by atoms with Crippen molar-refractivity contribution in [3.63, 3.8) is 0 Å². The number of imidazole rings is 1. The van der Waals surface area contributed by atoms with Gasteiger partial charge in [0.2, 0.25) is 0 Å². The number of anilines is 1. The van der Waals surface area contributed by atoms with Gasteiger partial charge in [0.1, 0.15) is 24.2 Å². The van der Waals surface area contributed by atoms with Crippen molar-refractivity contribution in [3.8, 4) is 0 Å². The fourth-order valence-electron chi connectivity index (χ4n) is 2.30. The van der Waals surface area contributed by atoms with Gasteiger partial charge >= 0.3 is 0 Å². The van der Waals surface area contributed by atoms with E-state index in [0.717, 1.165) is 0 Å². The summed E-state index contributed by atoms with van der Waals surface area (Å²) in [6, 6.07) is 0. The number of rotatable bonds is 3. The number of hydrogen-bond acceptors (Lipinski definition) is 7. The minimum atomic E-state index is -0.682. The number of hydrogen-bond donors (Lipinski definition) is 3. The Morgan fingerprint density at radius 2 is 2.32 bits per heavy atom. The van der Waals surface area contributed by atoms with Crippen LogP contribution in [0.2, 0.25) is 0 Å². The number of aliphatic hydroxyl groups excluding tert-OH is 2. The van der Waals surface area contributed by atoms with E-state index in [1.165, 1.54) is 6.33 Å². The molecule has 0 saturated carbocycles. The number of fused-ring (bicyclic) bond motifs is 1. The van der Waals surface area contributed by atoms with Gasteiger partial charge in [-0.3, -0.25) is 4.57 Å². The lowest BCUT2D eigenvalue weighted by molar-refractivity contribution is -0.0432. The number of nitrogens with one attached hydrogen (secondary N) is 1. The maximum atomic E-state index is 9.77. The molecule has 2 aromatic rings. The second-order valence-corrected chi connectivity index (χ2v) is 4.41. The predicted octanol–water partition coefficient (Wildman–Crippen LogP) is -0.491. The van der Waals surface area contributed by atoms with Crippen LogP contribution in [0, 0.1) is 0 Å². The highest BCUT2D eigenvalue weighted by Crippen LogP contribution is 2.31. The lowest BCUT2D eigenvalue weighted by Gasteiger charge is -2.13. The van der Waals surface area contributed by atoms with E-state index < -0.39 is 12.2 Å². The zero-order valence-electron chi connectivity index (χ0n) is 10.4. The summed E-state index contributed by atoms with van der Waals surface area (Å²) in [6.07, 6.45) is 1.83. The summed E-state index contributed by atoms with van der Waals surface area (Å²) in [4.78, 5) is 12.5. The van der Waals surface area contributed by atoms with E-state index in [-0.39, 0.29) is 12.8 Å². The van der Waals surface area contributed by atoms with Crippen molar-refractivity contribution in [2.45, 2.75) is 24.9 Å². The lowest BCUT2D eigenvalue weighted by Crippen LogP contribution is -2.24. The smallest absolute Gasteiger partial charge is 0.167 e. The van der Waals surface area contributed by atoms with Gasteiger partial charge in [-0.25, -0.2) is 15.0 Å². The highest BCUT2D eigenvalue weighted by atomic mass is 16.5. The van der Waals surface area contributed by atoms with Gasteiger partial charge in [-0.15, -0.1) is 0 Å². The summed E-state index contributed by atoms with van der Waals surface area (Å²) >= 11 is 0. The largest absolute Gasteiger partial charge is 0.394 e. The summed E-state index contributed by atoms with van der Waals surface area (Å²) in [5, 5.41) is 21.8. The minimum Gasteiger partial charge on any atom is -0.394 e. The third-order valence-corrected chi connectivity index (χ3v) is 3.29. The molecule has 19 heavy (non-hydrogen) atoms. The second-order valence-electron chi connectivity index (χ2n) is 4.41. The summed E-state index contributed by atoms with van der Waals surface area (Å²) < 4.78 is 7.34. The van der Waals surface area contributed by atoms with Crippen LogP contribution in [0.25, 0.3) is 11.2 Å². The van der Waals surface area contributed by atoms with Crippen LogP contribution in [0.4, 0.5) is 5.82 Å². The van der Waals surface area contributed by atoms with Crippen molar-refractivity contribution in [2.24, 2.45) is 0 Å². The normalized spacial score (nSPS) is 27.0. The maximum Gasteiger partial charge on any atom is 0.167 e. The van der Waals surface area contributed by atoms with Crippen LogP contribution < -0.4 is 5.32 Å². The molecule has 0 radical (unpaired) electrons. The second kappa shape index (κ2) is 4.72. The third-order valence-electron chi connectivity index (χ3n) is 3.29. The van der Waals surface area contributed by atoms with E-state index in [1.54, 1.807) is 17.9 Å². The molecule has 1 saturated heterocycles. The van der Waals surface area contributed by atoms with Crippen LogP contribution in [0.5, 0.6) is 0 Å². The Balaban J connectivity index is 1.98. The van der Waals surface area contributed by atoms with Gasteiger partial charge in [0.25, 0.3) is 0 Å². The lowest BCUT2D eigenvalue weighted by atomic mass is 10.2. The Morgan fingerprint density at radius 3 is 3.00 bits per heavy atom. The molecule has 0 aliphatic carbocycles. The quantitative estimate of drug-likeness (QED) is 0.687. The Kier molecular flexibility index (Phi) is 3.05. The maximum absolute atomic E-state index is 9.77. The van der Waals surface area contributed by atoms with E-state index in [0.29, 0.717) is 23.4 Å². The highest BCUT2D eigenvalue weighted by Gasteiger charge is 2.35. The molecule has 3 rings (SSSR count). The van der Waals surface area contributed by atoms with Crippen molar-refractivity contribution in [1.82, 2.24) is 19.5 Å². The molecule has 3 atom stereocenters. The first-order valence-corrected chi connectivity index (χ1v) is 6.04. The molecule has 0 spiro atoms. The topological polar surface area (TPSA) is 105 Å². The molecular weight excluding hydrogens is 250 g/mol. The Bertz CT molecular complexity index is 587. The molecule has 3 heterocycles. The van der Waals surface area contributed by atoms with Gasteiger partial charge in [0, 0.05) is 13.5 Å². The van der Waals surface area contributed by atoms with E-state index in [2.05, 4.69) is 20.3 Å². The van der Waals surface area contributed by atoms with Crippen LogP contribution in [-0.4, -0.2) is 55.6 Å². The SMILES string of the molecule is CNc1ncnc2c1ncn2[C@H]1C[C@@H](O)[C@@H](CO)O1. The summed E-state index contributed by atoms with van der Waals surface area (Å²) in [6.45, 7) is -0.207. The average Bonchev–Trinajstić information content (AvgIpc) is 3.01. The van der Waals surface area contributed by atoms with Crippen LogP contribution in [0.3, 0.4) is 0 Å². The fraction of sp³-hybridized carbons (Fsp3) is 0.545. The molecule has 102 valence electrons. The van der Waals surface area contributed by atoms with Crippen LogP contribution >= 0.6 is 0 Å². The molecular formula is C11H15N5O3. The van der Waals surface area contributed by atoms with Crippen molar-refractivity contribution >= 4 is 17.0 Å². The molecule has 0 amide bonds. The number of aliphatic hydroxyl groups is 2. The number of aromatic nitrogens is 4. The number of nitrogens with zero attached hydrogens (tertiary/aromatic N) is 4. The van der Waals surface area contributed by atoms with Gasteiger partial charge in [0.05, 0.1) is 19.0 Å². The molecule has 1 fully saturated rings. The van der Waals surface area contributed by atoms with Crippen LogP contribution in [0.15, 0.2) is 12.7 Å². The Hall–Kier alpha value is -1.77. The first-order valence-electron chi connectivity index (χ1n) is 6.04. The molecule has 0 bridgehead atoms. The molecule has 0 aromatic carbocycles. The summed E-state index contributed by atoms with van der Waals surface area (Å²) in [7, 11) is 1.76. The van der Waals surface area contributed by atoms with Crippen molar-refractivity contribution in [1.29, 1.82) is 0 Å². The standard InChI is InChI=1S/C11H15N5O3/c1-12-10-9-11(14-4-13-10)16(5-15-9)8-2-6(18)7(3-17)19-8/h4-8,17-18H,2-3H2,1H3,(H,12,13,14)/t6-,7-,8-/m1/s1. The monoisotopic (exact) mass is 265 g/mol. The summed E-state index contributed by atoms with van der Waals surface area (Å²) in [5.41, 5.74) is 1.28. The van der Waals surface area contributed by atoms with E-state index in [9.17, 15) is 5.11 Å². The highest BCUT2D eigenvalue weighted by molar-refractivity contribution is 5.82. The van der Waals surface area contributed by atoms with Crippen molar-refractivity contribution in [2.75, 3.05) is 19.0 Å². The Morgan fingerprint density at radius 1 is 1.47 bits per heavy atom. The van der Waals surface area contributed by atoms with Gasteiger partial charge in [-0.05, 0) is 0 Å². The molecule has 2 aromatic heterocycles. The molecule has 8 heteroatoms. The van der Waals surface area contributed by atoms with Crippen LogP contribution in [-0.2, 0) is 4.74 Å². The predicted molar refractivity (Wildman–Crippen MR) is 66.5 cm³/mol. The molecule has 0 unspecified atom stereocenters. The van der Waals surface area contributed by atoms with Crippen LogP contribution in [0.1, 0.15) is 12.6 Å². The first kappa shape index (κ1) is 12.3. The van der Waals surface area contributed by atoms with Gasteiger partial charge in [0.15, 0.2) is 11.5 Å². The third kappa shape index (κ3) is 1.93.